The van der Waals surface area contributed by atoms with Crippen molar-refractivity contribution in [2.24, 2.45) is 5.73 Å². The Hall–Kier alpha value is -0.0800. The first-order valence-electron chi connectivity index (χ1n) is 6.19. The van der Waals surface area contributed by atoms with Crippen LogP contribution in [-0.4, -0.2) is 29.6 Å². The second-order valence-corrected chi connectivity index (χ2v) is 4.61. The Morgan fingerprint density at radius 3 is 1.86 bits per heavy atom. The van der Waals surface area contributed by atoms with Gasteiger partial charge in [0.2, 0.25) is 0 Å². The molecule has 0 aromatic heterocycles. The third-order valence-corrected chi connectivity index (χ3v) is 4.18. The zero-order valence-corrected chi connectivity index (χ0v) is 10.1. The van der Waals surface area contributed by atoms with Gasteiger partial charge in [0.15, 0.2) is 0 Å². The molecule has 14 heavy (non-hydrogen) atoms. The number of nitrogens with two attached hydrogens (primary N) is 1. The van der Waals surface area contributed by atoms with Crippen LogP contribution in [0.25, 0.3) is 0 Å². The highest BCUT2D eigenvalue weighted by molar-refractivity contribution is 4.90. The highest BCUT2D eigenvalue weighted by Crippen LogP contribution is 2.30. The van der Waals surface area contributed by atoms with E-state index in [9.17, 15) is 0 Å². The molecule has 2 nitrogen and oxygen atoms in total. The molecule has 0 bridgehead atoms. The lowest BCUT2D eigenvalue weighted by atomic mass is 9.85. The number of likely N-dealkylation sites (tertiary alicyclic amines) is 1. The van der Waals surface area contributed by atoms with E-state index in [0.29, 0.717) is 11.6 Å². The van der Waals surface area contributed by atoms with Crippen molar-refractivity contribution >= 4 is 0 Å². The zero-order chi connectivity index (χ0) is 10.6. The van der Waals surface area contributed by atoms with Crippen LogP contribution in [0.1, 0.15) is 52.9 Å². The highest BCUT2D eigenvalue weighted by atomic mass is 15.2. The van der Waals surface area contributed by atoms with Gasteiger partial charge in [0.1, 0.15) is 0 Å². The van der Waals surface area contributed by atoms with E-state index in [4.69, 9.17) is 5.73 Å². The molecular weight excluding hydrogens is 172 g/mol. The van der Waals surface area contributed by atoms with Crippen LogP contribution in [0.5, 0.6) is 0 Å². The summed E-state index contributed by atoms with van der Waals surface area (Å²) in [4.78, 5) is 2.68. The fourth-order valence-electron chi connectivity index (χ4n) is 2.79. The smallest absolute Gasteiger partial charge is 0.0201 e. The summed E-state index contributed by atoms with van der Waals surface area (Å²) < 4.78 is 0. The Morgan fingerprint density at radius 2 is 1.50 bits per heavy atom. The molecule has 0 unspecified atom stereocenters. The molecule has 2 heteroatoms. The second kappa shape index (κ2) is 5.13. The predicted octanol–water partition coefficient (Wildman–Crippen LogP) is 2.38. The number of hydrogen-bond acceptors (Lipinski definition) is 2. The van der Waals surface area contributed by atoms with Crippen LogP contribution in [-0.2, 0) is 0 Å². The lowest BCUT2D eigenvalue weighted by Crippen LogP contribution is -2.52. The molecule has 0 amide bonds. The van der Waals surface area contributed by atoms with Gasteiger partial charge in [-0.2, -0.15) is 0 Å². The van der Waals surface area contributed by atoms with Gasteiger partial charge in [-0.05, 0) is 32.1 Å². The molecule has 0 radical (unpaired) electrons. The second-order valence-electron chi connectivity index (χ2n) is 4.61. The molecule has 0 aromatic rings. The molecule has 0 atom stereocenters. The van der Waals surface area contributed by atoms with E-state index in [1.165, 1.54) is 45.2 Å². The van der Waals surface area contributed by atoms with Crippen molar-refractivity contribution in [1.29, 1.82) is 0 Å². The lowest BCUT2D eigenvalue weighted by Gasteiger charge is -2.46. The molecule has 1 aliphatic heterocycles. The Morgan fingerprint density at radius 1 is 1.07 bits per heavy atom. The van der Waals surface area contributed by atoms with E-state index in [2.05, 4.69) is 25.7 Å². The van der Waals surface area contributed by atoms with Crippen LogP contribution in [0.2, 0.25) is 0 Å². The van der Waals surface area contributed by atoms with Gasteiger partial charge in [-0.1, -0.05) is 20.8 Å². The highest BCUT2D eigenvalue weighted by Gasteiger charge is 2.33. The van der Waals surface area contributed by atoms with Gasteiger partial charge < -0.3 is 5.73 Å². The van der Waals surface area contributed by atoms with Crippen molar-refractivity contribution in [1.82, 2.24) is 4.90 Å². The largest absolute Gasteiger partial charge is 0.328 e. The minimum Gasteiger partial charge on any atom is -0.328 e. The summed E-state index contributed by atoms with van der Waals surface area (Å²) >= 11 is 0. The summed E-state index contributed by atoms with van der Waals surface area (Å²) in [5, 5.41) is 0. The van der Waals surface area contributed by atoms with Crippen molar-refractivity contribution in [3.8, 4) is 0 Å². The fourth-order valence-corrected chi connectivity index (χ4v) is 2.79. The molecule has 1 saturated heterocycles. The summed E-state index contributed by atoms with van der Waals surface area (Å²) in [6.07, 6.45) is 6.18. The Labute approximate surface area is 88.8 Å². The van der Waals surface area contributed by atoms with Crippen molar-refractivity contribution in [2.45, 2.75) is 64.5 Å². The van der Waals surface area contributed by atoms with Gasteiger partial charge in [0, 0.05) is 24.7 Å². The third kappa shape index (κ3) is 2.29. The molecular formula is C12H26N2. The van der Waals surface area contributed by atoms with Gasteiger partial charge in [0.25, 0.3) is 0 Å². The quantitative estimate of drug-likeness (QED) is 0.751. The van der Waals surface area contributed by atoms with Crippen LogP contribution < -0.4 is 5.73 Å². The van der Waals surface area contributed by atoms with Crippen molar-refractivity contribution in [2.75, 3.05) is 13.1 Å². The molecule has 1 aliphatic rings. The number of hydrogen-bond donors (Lipinski definition) is 1. The molecule has 84 valence electrons. The van der Waals surface area contributed by atoms with Gasteiger partial charge in [-0.3, -0.25) is 4.90 Å². The van der Waals surface area contributed by atoms with E-state index < -0.39 is 0 Å². The van der Waals surface area contributed by atoms with Gasteiger partial charge in [0.05, 0.1) is 0 Å². The summed E-state index contributed by atoms with van der Waals surface area (Å²) in [5.41, 5.74) is 6.40. The molecule has 1 rings (SSSR count). The first-order chi connectivity index (χ1) is 6.68. The maximum absolute atomic E-state index is 5.94. The standard InChI is InChI=1S/C12H26N2/c1-4-12(5-2,6-3)14-9-7-11(13)8-10-14/h11H,4-10,13H2,1-3H3. The van der Waals surface area contributed by atoms with Crippen LogP contribution in [0.4, 0.5) is 0 Å². The van der Waals surface area contributed by atoms with E-state index in [0.717, 1.165) is 0 Å². The lowest BCUT2D eigenvalue weighted by molar-refractivity contribution is 0.0496. The molecule has 0 aliphatic carbocycles. The van der Waals surface area contributed by atoms with Crippen molar-refractivity contribution in [3.05, 3.63) is 0 Å². The van der Waals surface area contributed by atoms with E-state index in [1.807, 2.05) is 0 Å². The van der Waals surface area contributed by atoms with E-state index in [-0.39, 0.29) is 0 Å². The molecule has 0 spiro atoms. The molecule has 0 saturated carbocycles. The van der Waals surface area contributed by atoms with Gasteiger partial charge in [-0.15, -0.1) is 0 Å². The average molecular weight is 198 g/mol. The van der Waals surface area contributed by atoms with Crippen LogP contribution >= 0.6 is 0 Å². The van der Waals surface area contributed by atoms with Crippen LogP contribution in [0, 0.1) is 0 Å². The molecule has 1 fully saturated rings. The topological polar surface area (TPSA) is 29.3 Å². The first-order valence-corrected chi connectivity index (χ1v) is 6.19. The van der Waals surface area contributed by atoms with Crippen LogP contribution in [0.15, 0.2) is 0 Å². The maximum Gasteiger partial charge on any atom is 0.0201 e. The summed E-state index contributed by atoms with van der Waals surface area (Å²) in [5.74, 6) is 0. The maximum atomic E-state index is 5.94. The Bertz CT molecular complexity index is 147. The van der Waals surface area contributed by atoms with E-state index >= 15 is 0 Å². The van der Waals surface area contributed by atoms with Crippen molar-refractivity contribution < 1.29 is 0 Å². The molecule has 2 N–H and O–H groups in total. The summed E-state index contributed by atoms with van der Waals surface area (Å²) in [6.45, 7) is 9.37. The summed E-state index contributed by atoms with van der Waals surface area (Å²) in [7, 11) is 0. The SMILES string of the molecule is CCC(CC)(CC)N1CCC(N)CC1. The molecule has 0 aromatic carbocycles. The Balaban J connectivity index is 2.60. The van der Waals surface area contributed by atoms with Crippen LogP contribution in [0.3, 0.4) is 0 Å². The number of nitrogens with zero attached hydrogens (tertiary/aromatic N) is 1. The minimum absolute atomic E-state index is 0.453. The Kier molecular flexibility index (Phi) is 4.39. The minimum atomic E-state index is 0.453. The number of piperidine rings is 1. The number of rotatable bonds is 4. The monoisotopic (exact) mass is 198 g/mol. The van der Waals surface area contributed by atoms with Gasteiger partial charge in [-0.25, -0.2) is 0 Å². The van der Waals surface area contributed by atoms with E-state index in [1.54, 1.807) is 0 Å². The zero-order valence-electron chi connectivity index (χ0n) is 10.1. The normalized spacial score (nSPS) is 21.4. The fraction of sp³-hybridized carbons (Fsp3) is 1.00. The third-order valence-electron chi connectivity index (χ3n) is 4.18. The predicted molar refractivity (Wildman–Crippen MR) is 62.4 cm³/mol. The van der Waals surface area contributed by atoms with Crippen molar-refractivity contribution in [3.63, 3.8) is 0 Å². The molecule has 1 heterocycles. The summed E-state index contributed by atoms with van der Waals surface area (Å²) in [6, 6.07) is 0.453. The average Bonchev–Trinajstić information content (AvgIpc) is 2.24. The first kappa shape index (κ1) is 12.0. The van der Waals surface area contributed by atoms with Gasteiger partial charge >= 0.3 is 0 Å².